The minimum absolute atomic E-state index is 0.0956. The first-order valence-corrected chi connectivity index (χ1v) is 13.2. The predicted octanol–water partition coefficient (Wildman–Crippen LogP) is 3.12. The topological polar surface area (TPSA) is 157 Å². The number of ether oxygens (including phenoxy) is 6. The lowest BCUT2D eigenvalue weighted by molar-refractivity contribution is -0.00180. The summed E-state index contributed by atoms with van der Waals surface area (Å²) in [7, 11) is 5.80. The summed E-state index contributed by atoms with van der Waals surface area (Å²) in [6, 6.07) is 11.3. The molecule has 0 aromatic heterocycles. The van der Waals surface area contributed by atoms with Crippen molar-refractivity contribution in [2.75, 3.05) is 48.3 Å². The van der Waals surface area contributed by atoms with Crippen LogP contribution in [0.2, 0.25) is 0 Å². The largest absolute Gasteiger partial charge is 0.504 e. The Morgan fingerprint density at radius 1 is 0.857 bits per heavy atom. The van der Waals surface area contributed by atoms with Crippen LogP contribution in [0, 0.1) is 0 Å². The maximum absolute atomic E-state index is 11.0. The summed E-state index contributed by atoms with van der Waals surface area (Å²) in [5.74, 6) is 1.20. The van der Waals surface area contributed by atoms with E-state index in [2.05, 4.69) is 0 Å². The first-order chi connectivity index (χ1) is 20.3. The first-order valence-electron chi connectivity index (χ1n) is 13.2. The van der Waals surface area contributed by atoms with E-state index in [0.29, 0.717) is 22.6 Å². The van der Waals surface area contributed by atoms with Gasteiger partial charge in [0, 0.05) is 11.1 Å². The zero-order valence-corrected chi connectivity index (χ0v) is 23.8. The Labute approximate surface area is 243 Å². The quantitative estimate of drug-likeness (QED) is 0.201. The lowest BCUT2D eigenvalue weighted by Gasteiger charge is -2.26. The molecule has 4 atom stereocenters. The van der Waals surface area contributed by atoms with E-state index in [9.17, 15) is 25.5 Å². The van der Waals surface area contributed by atoms with Gasteiger partial charge in [0.25, 0.3) is 0 Å². The second-order valence-electron chi connectivity index (χ2n) is 9.52. The molecule has 0 amide bonds. The van der Waals surface area contributed by atoms with Crippen LogP contribution in [0.15, 0.2) is 48.5 Å². The number of benzene rings is 3. The highest BCUT2D eigenvalue weighted by molar-refractivity contribution is 5.63. The smallest absolute Gasteiger partial charge is 0.204 e. The van der Waals surface area contributed by atoms with E-state index in [1.54, 1.807) is 30.4 Å². The molecule has 11 nitrogen and oxygen atoms in total. The molecule has 1 aliphatic heterocycles. The van der Waals surface area contributed by atoms with Gasteiger partial charge in [0.15, 0.2) is 40.6 Å². The Hall–Kier alpha value is -4.16. The second-order valence-corrected chi connectivity index (χ2v) is 9.52. The number of phenols is 1. The van der Waals surface area contributed by atoms with E-state index < -0.39 is 30.8 Å². The van der Waals surface area contributed by atoms with Crippen LogP contribution in [-0.2, 0) is 0 Å². The van der Waals surface area contributed by atoms with Crippen LogP contribution in [0.25, 0.3) is 6.08 Å². The van der Waals surface area contributed by atoms with E-state index >= 15 is 0 Å². The van der Waals surface area contributed by atoms with E-state index in [1.165, 1.54) is 46.6 Å². The number of aromatic hydroxyl groups is 1. The van der Waals surface area contributed by atoms with Crippen molar-refractivity contribution >= 4 is 6.08 Å². The molecule has 1 aliphatic rings. The Morgan fingerprint density at radius 2 is 1.52 bits per heavy atom. The molecule has 0 bridgehead atoms. The lowest BCUT2D eigenvalue weighted by Crippen LogP contribution is -2.29. The molecule has 0 aliphatic carbocycles. The minimum Gasteiger partial charge on any atom is -0.504 e. The summed E-state index contributed by atoms with van der Waals surface area (Å²) in [6.45, 7) is -0.905. The van der Waals surface area contributed by atoms with E-state index in [4.69, 9.17) is 28.4 Å². The first kappa shape index (κ1) is 30.8. The van der Waals surface area contributed by atoms with Crippen molar-refractivity contribution in [3.63, 3.8) is 0 Å². The van der Waals surface area contributed by atoms with Crippen molar-refractivity contribution in [2.24, 2.45) is 0 Å². The van der Waals surface area contributed by atoms with Gasteiger partial charge in [0.1, 0.15) is 12.2 Å². The third-order valence-electron chi connectivity index (χ3n) is 7.11. The molecule has 0 saturated heterocycles. The molecule has 42 heavy (non-hydrogen) atoms. The second kappa shape index (κ2) is 13.7. The Morgan fingerprint density at radius 3 is 2.10 bits per heavy atom. The number of rotatable bonds is 13. The van der Waals surface area contributed by atoms with Crippen LogP contribution in [0.3, 0.4) is 0 Å². The summed E-state index contributed by atoms with van der Waals surface area (Å²) in [6.07, 6.45) is 0.275. The Kier molecular flexibility index (Phi) is 10.0. The fraction of sp³-hybridized carbons (Fsp3) is 0.355. The van der Waals surface area contributed by atoms with Crippen LogP contribution < -0.4 is 28.4 Å². The minimum atomic E-state index is -1.30. The molecule has 226 valence electrons. The Bertz CT molecular complexity index is 1380. The number of hydrogen-bond acceptors (Lipinski definition) is 11. The third kappa shape index (κ3) is 6.04. The van der Waals surface area contributed by atoms with E-state index in [0.717, 1.165) is 11.1 Å². The standard InChI is InChI=1S/C31H36O11/c1-37-23-12-18(7-8-22(23)35)28(36)27(16-34)41-31-25(39-3)13-19(14-26(31)40-4)29-21(15-33)20-10-17(6-5-9-32)11-24(38-2)30(20)42-29/h5-8,10-14,21,27-29,32-36H,9,15-16H2,1-4H3/b6-5+/t21-,27-,28+,29+/m0/s1. The van der Waals surface area contributed by atoms with E-state index in [-0.39, 0.29) is 42.0 Å². The summed E-state index contributed by atoms with van der Waals surface area (Å²) in [4.78, 5) is 0. The van der Waals surface area contributed by atoms with Gasteiger partial charge in [-0.15, -0.1) is 0 Å². The van der Waals surface area contributed by atoms with Gasteiger partial charge in [-0.1, -0.05) is 18.2 Å². The fourth-order valence-electron chi connectivity index (χ4n) is 4.98. The van der Waals surface area contributed by atoms with Gasteiger partial charge in [0.2, 0.25) is 5.75 Å². The molecular weight excluding hydrogens is 548 g/mol. The highest BCUT2D eigenvalue weighted by Gasteiger charge is 2.39. The van der Waals surface area contributed by atoms with E-state index in [1.807, 2.05) is 6.07 Å². The van der Waals surface area contributed by atoms with Gasteiger partial charge >= 0.3 is 0 Å². The fourth-order valence-corrected chi connectivity index (χ4v) is 4.98. The number of hydrogen-bond donors (Lipinski definition) is 5. The maximum atomic E-state index is 11.0. The monoisotopic (exact) mass is 584 g/mol. The van der Waals surface area contributed by atoms with Crippen LogP contribution >= 0.6 is 0 Å². The number of aliphatic hydroxyl groups is 4. The van der Waals surface area contributed by atoms with Crippen LogP contribution in [0.5, 0.6) is 40.2 Å². The molecule has 5 N–H and O–H groups in total. The molecule has 0 radical (unpaired) electrons. The van der Waals surface area contributed by atoms with Gasteiger partial charge in [-0.25, -0.2) is 0 Å². The summed E-state index contributed by atoms with van der Waals surface area (Å²) in [5.41, 5.74) is 2.49. The molecule has 0 spiro atoms. The molecule has 0 saturated carbocycles. The summed E-state index contributed by atoms with van der Waals surface area (Å²) in [5, 5.41) is 50.6. The average molecular weight is 585 g/mol. The normalized spacial score (nSPS) is 17.3. The highest BCUT2D eigenvalue weighted by Crippen LogP contribution is 2.53. The number of phenolic OH excluding ortho intramolecular Hbond substituents is 1. The van der Waals surface area contributed by atoms with Gasteiger partial charge in [-0.2, -0.15) is 0 Å². The van der Waals surface area contributed by atoms with Crippen molar-refractivity contribution in [1.82, 2.24) is 0 Å². The van der Waals surface area contributed by atoms with Crippen molar-refractivity contribution in [3.8, 4) is 40.2 Å². The van der Waals surface area contributed by atoms with Gasteiger partial charge in [-0.3, -0.25) is 0 Å². The summed E-state index contributed by atoms with van der Waals surface area (Å²) >= 11 is 0. The molecule has 11 heteroatoms. The number of fused-ring (bicyclic) bond motifs is 1. The Balaban J connectivity index is 1.69. The van der Waals surface area contributed by atoms with Crippen molar-refractivity contribution in [2.45, 2.75) is 24.2 Å². The number of methoxy groups -OCH3 is 4. The van der Waals surface area contributed by atoms with Crippen molar-refractivity contribution in [3.05, 3.63) is 70.8 Å². The number of aliphatic hydroxyl groups excluding tert-OH is 4. The van der Waals surface area contributed by atoms with Gasteiger partial charge in [-0.05, 0) is 47.5 Å². The van der Waals surface area contributed by atoms with Gasteiger partial charge in [0.05, 0.1) is 54.2 Å². The zero-order chi connectivity index (χ0) is 30.4. The molecule has 0 fully saturated rings. The molecular formula is C31H36O11. The van der Waals surface area contributed by atoms with Crippen LogP contribution in [0.4, 0.5) is 0 Å². The molecule has 3 aromatic carbocycles. The highest BCUT2D eigenvalue weighted by atomic mass is 16.6. The molecule has 3 aromatic rings. The average Bonchev–Trinajstić information content (AvgIpc) is 3.40. The molecule has 4 rings (SSSR count). The van der Waals surface area contributed by atoms with Crippen LogP contribution in [0.1, 0.15) is 40.4 Å². The van der Waals surface area contributed by atoms with Crippen molar-refractivity contribution < 1.29 is 54.0 Å². The molecule has 0 unspecified atom stereocenters. The van der Waals surface area contributed by atoms with Gasteiger partial charge < -0.3 is 54.0 Å². The summed E-state index contributed by atoms with van der Waals surface area (Å²) < 4.78 is 34.3. The maximum Gasteiger partial charge on any atom is 0.204 e. The van der Waals surface area contributed by atoms with Crippen molar-refractivity contribution in [1.29, 1.82) is 0 Å². The molecule has 1 heterocycles. The predicted molar refractivity (Wildman–Crippen MR) is 153 cm³/mol. The lowest BCUT2D eigenvalue weighted by atomic mass is 9.90. The zero-order valence-electron chi connectivity index (χ0n) is 23.8. The van der Waals surface area contributed by atoms with Crippen LogP contribution in [-0.4, -0.2) is 79.9 Å². The third-order valence-corrected chi connectivity index (χ3v) is 7.11. The SMILES string of the molecule is COc1cc([C@@H](O)[C@H](CO)Oc2c(OC)cc([C@H]3Oc4c(OC)cc(/C=C/CO)cc4[C@@H]3CO)cc2OC)ccc1O.